The lowest BCUT2D eigenvalue weighted by molar-refractivity contribution is -0.144. The number of hydrogen-bond acceptors (Lipinski definition) is 4. The van der Waals surface area contributed by atoms with Crippen LogP contribution >= 0.6 is 0 Å². The quantitative estimate of drug-likeness (QED) is 0.713. The molecular formula is C9H12N2O3. The molecule has 0 fully saturated rings. The van der Waals surface area contributed by atoms with E-state index in [1.54, 1.807) is 18.5 Å². The van der Waals surface area contributed by atoms with E-state index in [9.17, 15) is 9.90 Å². The van der Waals surface area contributed by atoms with Gasteiger partial charge in [-0.05, 0) is 13.0 Å². The number of carbonyl (C=O) groups is 1. The third-order valence-electron chi connectivity index (χ3n) is 1.98. The number of hydrogen-bond donors (Lipinski definition) is 2. The molecule has 0 amide bonds. The van der Waals surface area contributed by atoms with Crippen molar-refractivity contribution in [1.82, 2.24) is 9.97 Å². The Morgan fingerprint density at radius 2 is 2.07 bits per heavy atom. The number of aromatic nitrogens is 2. The minimum Gasteiger partial charge on any atom is -0.481 e. The summed E-state index contributed by atoms with van der Waals surface area (Å²) in [6, 6.07) is 1.66. The standard InChI is InChI=1S/C9H12N2O3/c1-6(9(13)14)7(12)5-8-10-3-2-4-11-8/h2-4,6-7,12H,5H2,1H3,(H,13,14). The van der Waals surface area contributed by atoms with Gasteiger partial charge in [-0.2, -0.15) is 0 Å². The second kappa shape index (κ2) is 4.66. The topological polar surface area (TPSA) is 83.3 Å². The van der Waals surface area contributed by atoms with Crippen molar-refractivity contribution in [2.24, 2.45) is 5.92 Å². The van der Waals surface area contributed by atoms with Crippen LogP contribution in [0.5, 0.6) is 0 Å². The lowest BCUT2D eigenvalue weighted by Crippen LogP contribution is -2.27. The fraction of sp³-hybridized carbons (Fsp3) is 0.444. The molecule has 0 bridgehead atoms. The van der Waals surface area contributed by atoms with Crippen LogP contribution in [0.1, 0.15) is 12.7 Å². The number of aliphatic hydroxyl groups excluding tert-OH is 1. The second-order valence-corrected chi connectivity index (χ2v) is 3.06. The zero-order valence-electron chi connectivity index (χ0n) is 7.79. The Balaban J connectivity index is 2.57. The van der Waals surface area contributed by atoms with Crippen LogP contribution < -0.4 is 0 Å². The van der Waals surface area contributed by atoms with Gasteiger partial charge in [0.15, 0.2) is 0 Å². The van der Waals surface area contributed by atoms with Gasteiger partial charge in [-0.25, -0.2) is 9.97 Å². The van der Waals surface area contributed by atoms with Crippen LogP contribution in [0, 0.1) is 5.92 Å². The Hall–Kier alpha value is -1.49. The summed E-state index contributed by atoms with van der Waals surface area (Å²) in [5, 5.41) is 18.1. The largest absolute Gasteiger partial charge is 0.481 e. The van der Waals surface area contributed by atoms with Gasteiger partial charge >= 0.3 is 5.97 Å². The summed E-state index contributed by atoms with van der Waals surface area (Å²) >= 11 is 0. The molecule has 0 aliphatic rings. The number of carboxylic acids is 1. The molecule has 0 radical (unpaired) electrons. The summed E-state index contributed by atoms with van der Waals surface area (Å²) in [4.78, 5) is 18.3. The minimum atomic E-state index is -1.02. The van der Waals surface area contributed by atoms with E-state index in [1.165, 1.54) is 6.92 Å². The smallest absolute Gasteiger partial charge is 0.308 e. The van der Waals surface area contributed by atoms with E-state index in [0.29, 0.717) is 5.82 Å². The molecule has 1 rings (SSSR count). The Morgan fingerprint density at radius 1 is 1.50 bits per heavy atom. The van der Waals surface area contributed by atoms with Crippen molar-refractivity contribution in [1.29, 1.82) is 0 Å². The van der Waals surface area contributed by atoms with Crippen molar-refractivity contribution in [2.75, 3.05) is 0 Å². The monoisotopic (exact) mass is 196 g/mol. The van der Waals surface area contributed by atoms with Crippen molar-refractivity contribution >= 4 is 5.97 Å². The van der Waals surface area contributed by atoms with Crippen molar-refractivity contribution in [3.8, 4) is 0 Å². The van der Waals surface area contributed by atoms with Gasteiger partial charge in [-0.3, -0.25) is 4.79 Å². The summed E-state index contributed by atoms with van der Waals surface area (Å²) < 4.78 is 0. The minimum absolute atomic E-state index is 0.161. The van der Waals surface area contributed by atoms with Gasteiger partial charge in [0, 0.05) is 18.8 Å². The van der Waals surface area contributed by atoms with Crippen LogP contribution in [-0.4, -0.2) is 32.3 Å². The Kier molecular flexibility index (Phi) is 3.53. The highest BCUT2D eigenvalue weighted by molar-refractivity contribution is 5.70. The Morgan fingerprint density at radius 3 is 2.57 bits per heavy atom. The highest BCUT2D eigenvalue weighted by Gasteiger charge is 2.22. The SMILES string of the molecule is CC(C(=O)O)C(O)Cc1ncccn1. The van der Waals surface area contributed by atoms with Crippen molar-refractivity contribution < 1.29 is 15.0 Å². The summed E-state index contributed by atoms with van der Waals surface area (Å²) in [5.41, 5.74) is 0. The molecule has 0 saturated heterocycles. The van der Waals surface area contributed by atoms with Gasteiger partial charge < -0.3 is 10.2 Å². The molecule has 5 nitrogen and oxygen atoms in total. The van der Waals surface area contributed by atoms with Crippen LogP contribution in [0.25, 0.3) is 0 Å². The predicted molar refractivity (Wildman–Crippen MR) is 48.5 cm³/mol. The van der Waals surface area contributed by atoms with Crippen LogP contribution in [0.15, 0.2) is 18.5 Å². The van der Waals surface area contributed by atoms with Crippen LogP contribution in [0.2, 0.25) is 0 Å². The highest BCUT2D eigenvalue weighted by atomic mass is 16.4. The molecule has 2 unspecified atom stereocenters. The molecule has 0 saturated carbocycles. The maximum absolute atomic E-state index is 10.5. The van der Waals surface area contributed by atoms with Gasteiger partial charge in [0.05, 0.1) is 12.0 Å². The first-order chi connectivity index (χ1) is 6.61. The first kappa shape index (κ1) is 10.6. The zero-order chi connectivity index (χ0) is 10.6. The number of rotatable bonds is 4. The van der Waals surface area contributed by atoms with Crippen LogP contribution in [0.4, 0.5) is 0 Å². The van der Waals surface area contributed by atoms with Crippen molar-refractivity contribution in [3.63, 3.8) is 0 Å². The van der Waals surface area contributed by atoms with Gasteiger partial charge in [0.1, 0.15) is 5.82 Å². The third-order valence-corrected chi connectivity index (χ3v) is 1.98. The number of carboxylic acid groups (broad SMARTS) is 1. The van der Waals surface area contributed by atoms with Crippen molar-refractivity contribution in [3.05, 3.63) is 24.3 Å². The molecule has 1 heterocycles. The lowest BCUT2D eigenvalue weighted by Gasteiger charge is -2.13. The molecule has 2 N–H and O–H groups in total. The van der Waals surface area contributed by atoms with E-state index >= 15 is 0 Å². The number of aliphatic carboxylic acids is 1. The Bertz CT molecular complexity index is 302. The first-order valence-corrected chi connectivity index (χ1v) is 4.28. The molecule has 1 aromatic heterocycles. The molecule has 5 heteroatoms. The van der Waals surface area contributed by atoms with Gasteiger partial charge in [-0.15, -0.1) is 0 Å². The predicted octanol–water partition coefficient (Wildman–Crippen LogP) is 0.101. The molecule has 0 aliphatic carbocycles. The first-order valence-electron chi connectivity index (χ1n) is 4.28. The molecule has 0 spiro atoms. The number of nitrogens with zero attached hydrogens (tertiary/aromatic N) is 2. The van der Waals surface area contributed by atoms with E-state index in [1.807, 2.05) is 0 Å². The average molecular weight is 196 g/mol. The van der Waals surface area contributed by atoms with E-state index in [2.05, 4.69) is 9.97 Å². The molecule has 0 aromatic carbocycles. The molecular weight excluding hydrogens is 184 g/mol. The summed E-state index contributed by atoms with van der Waals surface area (Å²) in [7, 11) is 0. The third kappa shape index (κ3) is 2.77. The molecule has 1 aromatic rings. The summed E-state index contributed by atoms with van der Waals surface area (Å²) in [6.45, 7) is 1.45. The van der Waals surface area contributed by atoms with Gasteiger partial charge in [-0.1, -0.05) is 0 Å². The second-order valence-electron chi connectivity index (χ2n) is 3.06. The van der Waals surface area contributed by atoms with Crippen LogP contribution in [0.3, 0.4) is 0 Å². The van der Waals surface area contributed by atoms with Gasteiger partial charge in [0.2, 0.25) is 0 Å². The molecule has 14 heavy (non-hydrogen) atoms. The normalized spacial score (nSPS) is 14.7. The Labute approximate surface area is 81.4 Å². The summed E-state index contributed by atoms with van der Waals surface area (Å²) in [6.07, 6.45) is 2.32. The van der Waals surface area contributed by atoms with E-state index in [4.69, 9.17) is 5.11 Å². The highest BCUT2D eigenvalue weighted by Crippen LogP contribution is 2.07. The lowest BCUT2D eigenvalue weighted by atomic mass is 10.0. The molecule has 2 atom stereocenters. The maximum Gasteiger partial charge on any atom is 0.308 e. The molecule has 0 aliphatic heterocycles. The average Bonchev–Trinajstić information content (AvgIpc) is 2.18. The zero-order valence-corrected chi connectivity index (χ0v) is 7.79. The summed E-state index contributed by atoms with van der Waals surface area (Å²) in [5.74, 6) is -1.37. The van der Waals surface area contributed by atoms with E-state index in [0.717, 1.165) is 0 Å². The fourth-order valence-corrected chi connectivity index (χ4v) is 0.964. The number of aliphatic hydroxyl groups is 1. The maximum atomic E-state index is 10.5. The fourth-order valence-electron chi connectivity index (χ4n) is 0.964. The van der Waals surface area contributed by atoms with Crippen molar-refractivity contribution in [2.45, 2.75) is 19.4 Å². The molecule has 76 valence electrons. The van der Waals surface area contributed by atoms with Gasteiger partial charge in [0.25, 0.3) is 0 Å². The van der Waals surface area contributed by atoms with E-state index < -0.39 is 18.0 Å². The van der Waals surface area contributed by atoms with Crippen LogP contribution in [-0.2, 0) is 11.2 Å². The van der Waals surface area contributed by atoms with E-state index in [-0.39, 0.29) is 6.42 Å².